The van der Waals surface area contributed by atoms with Crippen LogP contribution in [0.25, 0.3) is 0 Å². The Kier molecular flexibility index (Phi) is 9.81. The lowest BCUT2D eigenvalue weighted by atomic mass is 10.1. The highest BCUT2D eigenvalue weighted by atomic mass is 35.5. The van der Waals surface area contributed by atoms with Gasteiger partial charge in [0.1, 0.15) is 6.61 Å². The highest BCUT2D eigenvalue weighted by molar-refractivity contribution is 7.89. The lowest BCUT2D eigenvalue weighted by Gasteiger charge is -2.15. The minimum atomic E-state index is -3.67. The monoisotopic (exact) mass is 496 g/mol. The topological polar surface area (TPSA) is 90.6 Å². The molecule has 32 heavy (non-hydrogen) atoms. The number of ether oxygens (including phenoxy) is 2. The fourth-order valence-corrected chi connectivity index (χ4v) is 3.86. The van der Waals surface area contributed by atoms with Crippen molar-refractivity contribution in [2.45, 2.75) is 24.5 Å². The molecule has 3 rings (SSSR count). The van der Waals surface area contributed by atoms with E-state index in [4.69, 9.17) is 26.2 Å². The highest BCUT2D eigenvalue weighted by Gasteiger charge is 2.12. The van der Waals surface area contributed by atoms with Crippen LogP contribution in [0.15, 0.2) is 71.6 Å². The van der Waals surface area contributed by atoms with Gasteiger partial charge in [-0.1, -0.05) is 54.1 Å². The van der Waals surface area contributed by atoms with Crippen LogP contribution >= 0.6 is 24.0 Å². The second-order valence-electron chi connectivity index (χ2n) is 7.00. The van der Waals surface area contributed by atoms with E-state index in [0.717, 1.165) is 23.1 Å². The summed E-state index contributed by atoms with van der Waals surface area (Å²) in [5.41, 5.74) is 3.03. The number of nitrogens with two attached hydrogens (primary N) is 1. The summed E-state index contributed by atoms with van der Waals surface area (Å²) < 4.78 is 34.0. The molecular formula is C23H26Cl2N2O4S. The number of primary sulfonamides is 1. The first kappa shape index (κ1) is 26.0. The van der Waals surface area contributed by atoms with E-state index in [0.29, 0.717) is 36.2 Å². The number of hydrogen-bond acceptors (Lipinski definition) is 5. The molecule has 9 heteroatoms. The Morgan fingerprint density at radius 2 is 1.66 bits per heavy atom. The molecule has 0 unspecified atom stereocenters. The van der Waals surface area contributed by atoms with E-state index in [1.54, 1.807) is 19.2 Å². The van der Waals surface area contributed by atoms with Crippen LogP contribution in [0.4, 0.5) is 0 Å². The second-order valence-corrected chi connectivity index (χ2v) is 8.97. The molecule has 3 aromatic rings. The van der Waals surface area contributed by atoms with Crippen LogP contribution < -0.4 is 19.9 Å². The molecular weight excluding hydrogens is 471 g/mol. The zero-order valence-corrected chi connectivity index (χ0v) is 20.0. The summed E-state index contributed by atoms with van der Waals surface area (Å²) in [7, 11) is -2.08. The number of hydrogen-bond donors (Lipinski definition) is 2. The van der Waals surface area contributed by atoms with Crippen molar-refractivity contribution in [3.05, 3.63) is 88.4 Å². The zero-order valence-electron chi connectivity index (χ0n) is 17.6. The maximum absolute atomic E-state index is 11.3. The fraction of sp³-hybridized carbons (Fsp3) is 0.217. The lowest BCUT2D eigenvalue weighted by molar-refractivity contribution is 0.284. The summed E-state index contributed by atoms with van der Waals surface area (Å²) in [5.74, 6) is 1.10. The first-order chi connectivity index (χ1) is 14.9. The minimum Gasteiger partial charge on any atom is -0.493 e. The Morgan fingerprint density at radius 1 is 0.969 bits per heavy atom. The summed E-state index contributed by atoms with van der Waals surface area (Å²) in [6, 6.07) is 20.2. The third-order valence-electron chi connectivity index (χ3n) is 4.69. The van der Waals surface area contributed by atoms with Crippen LogP contribution in [0, 0.1) is 0 Å². The van der Waals surface area contributed by atoms with Gasteiger partial charge in [-0.05, 0) is 53.9 Å². The highest BCUT2D eigenvalue weighted by Crippen LogP contribution is 2.37. The van der Waals surface area contributed by atoms with Crippen LogP contribution in [0.2, 0.25) is 5.02 Å². The molecule has 3 N–H and O–H groups in total. The lowest BCUT2D eigenvalue weighted by Crippen LogP contribution is -2.17. The Morgan fingerprint density at radius 3 is 2.28 bits per heavy atom. The van der Waals surface area contributed by atoms with Gasteiger partial charge in [0.05, 0.1) is 17.0 Å². The first-order valence-corrected chi connectivity index (χ1v) is 11.6. The van der Waals surface area contributed by atoms with E-state index in [-0.39, 0.29) is 17.3 Å². The van der Waals surface area contributed by atoms with Crippen LogP contribution in [0.1, 0.15) is 16.7 Å². The summed E-state index contributed by atoms with van der Waals surface area (Å²) in [4.78, 5) is 0.112. The number of methoxy groups -OCH3 is 1. The van der Waals surface area contributed by atoms with E-state index in [1.165, 1.54) is 12.1 Å². The van der Waals surface area contributed by atoms with Gasteiger partial charge in [0.2, 0.25) is 10.0 Å². The van der Waals surface area contributed by atoms with Crippen molar-refractivity contribution in [2.75, 3.05) is 13.7 Å². The molecule has 0 bridgehead atoms. The Bertz CT molecular complexity index is 1110. The van der Waals surface area contributed by atoms with Crippen molar-refractivity contribution in [1.29, 1.82) is 0 Å². The van der Waals surface area contributed by atoms with Crippen LogP contribution in [0.5, 0.6) is 11.5 Å². The maximum atomic E-state index is 11.3. The molecule has 0 saturated heterocycles. The number of halogens is 2. The predicted octanol–water partition coefficient (Wildman–Crippen LogP) is 4.33. The smallest absolute Gasteiger partial charge is 0.238 e. The molecule has 0 radical (unpaired) electrons. The van der Waals surface area contributed by atoms with E-state index in [1.807, 2.05) is 42.5 Å². The van der Waals surface area contributed by atoms with Gasteiger partial charge in [-0.3, -0.25) is 0 Å². The number of rotatable bonds is 10. The number of benzene rings is 3. The molecule has 0 saturated carbocycles. The summed E-state index contributed by atoms with van der Waals surface area (Å²) in [6.07, 6.45) is 0.744. The average molecular weight is 497 g/mol. The average Bonchev–Trinajstić information content (AvgIpc) is 2.76. The predicted molar refractivity (Wildman–Crippen MR) is 129 cm³/mol. The van der Waals surface area contributed by atoms with Gasteiger partial charge in [-0.15, -0.1) is 12.4 Å². The Labute approximate surface area is 200 Å². The van der Waals surface area contributed by atoms with Crippen molar-refractivity contribution in [3.63, 3.8) is 0 Å². The van der Waals surface area contributed by atoms with Crippen molar-refractivity contribution in [2.24, 2.45) is 5.14 Å². The molecule has 3 aromatic carbocycles. The van der Waals surface area contributed by atoms with Crippen LogP contribution in [-0.4, -0.2) is 22.1 Å². The quantitative estimate of drug-likeness (QED) is 0.407. The molecule has 0 fully saturated rings. The van der Waals surface area contributed by atoms with Gasteiger partial charge in [0.15, 0.2) is 11.5 Å². The molecule has 0 aliphatic heterocycles. The van der Waals surface area contributed by atoms with Gasteiger partial charge in [-0.25, -0.2) is 13.6 Å². The standard InChI is InChI=1S/C23H25ClN2O4S.ClH/c1-29-22-14-19(13-21(24)23(22)30-16-18-5-3-2-4-6-18)15-26-12-11-17-7-9-20(10-8-17)31(25,27)28;/h2-10,13-14,26H,11-12,15-16H2,1H3,(H2,25,27,28);1H. The molecule has 0 aromatic heterocycles. The fourth-order valence-electron chi connectivity index (χ4n) is 3.06. The maximum Gasteiger partial charge on any atom is 0.238 e. The third-order valence-corrected chi connectivity index (χ3v) is 5.90. The number of sulfonamides is 1. The summed E-state index contributed by atoms with van der Waals surface area (Å²) in [5, 5.41) is 8.96. The summed E-state index contributed by atoms with van der Waals surface area (Å²) >= 11 is 6.45. The van der Waals surface area contributed by atoms with Gasteiger partial charge in [0, 0.05) is 6.54 Å². The second kappa shape index (κ2) is 12.1. The van der Waals surface area contributed by atoms with Gasteiger partial charge in [0.25, 0.3) is 0 Å². The molecule has 0 aliphatic rings. The van der Waals surface area contributed by atoms with Crippen molar-refractivity contribution in [1.82, 2.24) is 5.32 Å². The van der Waals surface area contributed by atoms with Gasteiger partial charge >= 0.3 is 0 Å². The van der Waals surface area contributed by atoms with Gasteiger partial charge in [-0.2, -0.15) is 0 Å². The Hall–Kier alpha value is -2.29. The minimum absolute atomic E-state index is 0. The van der Waals surface area contributed by atoms with E-state index < -0.39 is 10.0 Å². The van der Waals surface area contributed by atoms with Crippen molar-refractivity contribution < 1.29 is 17.9 Å². The largest absolute Gasteiger partial charge is 0.493 e. The van der Waals surface area contributed by atoms with Crippen molar-refractivity contribution in [3.8, 4) is 11.5 Å². The number of nitrogens with one attached hydrogen (secondary N) is 1. The molecule has 0 spiro atoms. The summed E-state index contributed by atoms with van der Waals surface area (Å²) in [6.45, 7) is 1.71. The molecule has 6 nitrogen and oxygen atoms in total. The van der Waals surface area contributed by atoms with Crippen LogP contribution in [0.3, 0.4) is 0 Å². The third kappa shape index (κ3) is 7.39. The molecule has 0 heterocycles. The zero-order chi connectivity index (χ0) is 22.3. The SMILES string of the molecule is COc1cc(CNCCc2ccc(S(N)(=O)=O)cc2)cc(Cl)c1OCc1ccccc1.Cl. The first-order valence-electron chi connectivity index (χ1n) is 9.72. The molecule has 0 amide bonds. The van der Waals surface area contributed by atoms with Crippen molar-refractivity contribution >= 4 is 34.0 Å². The van der Waals surface area contributed by atoms with E-state index >= 15 is 0 Å². The van der Waals surface area contributed by atoms with Crippen LogP contribution in [-0.2, 0) is 29.6 Å². The molecule has 0 atom stereocenters. The van der Waals surface area contributed by atoms with E-state index in [9.17, 15) is 8.42 Å². The Balaban J connectivity index is 0.00000363. The van der Waals surface area contributed by atoms with Gasteiger partial charge < -0.3 is 14.8 Å². The molecule has 0 aliphatic carbocycles. The van der Waals surface area contributed by atoms with E-state index in [2.05, 4.69) is 5.32 Å². The normalized spacial score (nSPS) is 11.0. The molecule has 172 valence electrons.